The summed E-state index contributed by atoms with van der Waals surface area (Å²) in [6.07, 6.45) is 3.09. The maximum absolute atomic E-state index is 12.1. The Kier molecular flexibility index (Phi) is 7.15. The number of carbonyl (C=O) groups is 1. The number of unbranched alkanes of at least 4 members (excludes halogenated alkanes) is 2. The van der Waals surface area contributed by atoms with E-state index in [1.165, 1.54) is 0 Å². The van der Waals surface area contributed by atoms with Gasteiger partial charge in [0.1, 0.15) is 0 Å². The fourth-order valence-electron chi connectivity index (χ4n) is 1.99. The Balaban J connectivity index is 2.45. The topological polar surface area (TPSA) is 66.6 Å². The fourth-order valence-corrected chi connectivity index (χ4v) is 1.99. The lowest BCUT2D eigenvalue weighted by atomic mass is 10.0. The van der Waals surface area contributed by atoms with Crippen molar-refractivity contribution in [3.8, 4) is 0 Å². The predicted octanol–water partition coefficient (Wildman–Crippen LogP) is 1.31. The van der Waals surface area contributed by atoms with Gasteiger partial charge in [-0.2, -0.15) is 0 Å². The predicted molar refractivity (Wildman–Crippen MR) is 76.6 cm³/mol. The molecule has 0 aliphatic rings. The van der Waals surface area contributed by atoms with Crippen LogP contribution in [0.1, 0.15) is 30.4 Å². The van der Waals surface area contributed by atoms with Gasteiger partial charge in [0.15, 0.2) is 0 Å². The van der Waals surface area contributed by atoms with E-state index in [0.29, 0.717) is 13.0 Å². The van der Waals surface area contributed by atoms with E-state index in [-0.39, 0.29) is 12.5 Å². The molecule has 1 amide bonds. The number of hydrogen-bond donors (Lipinski definition) is 2. The summed E-state index contributed by atoms with van der Waals surface area (Å²) in [6.45, 7) is 1.43. The molecular formula is C15H24N2O2. The SMILES string of the molecule is CN(CCCCCO)C(=O)Cc1ccccc1CN. The summed E-state index contributed by atoms with van der Waals surface area (Å²) < 4.78 is 0. The van der Waals surface area contributed by atoms with E-state index in [1.807, 2.05) is 31.3 Å². The molecule has 3 N–H and O–H groups in total. The Morgan fingerprint density at radius 1 is 1.21 bits per heavy atom. The van der Waals surface area contributed by atoms with Crippen LogP contribution in [0.15, 0.2) is 24.3 Å². The number of rotatable bonds is 8. The van der Waals surface area contributed by atoms with Crippen molar-refractivity contribution in [1.82, 2.24) is 4.90 Å². The molecule has 0 aromatic heterocycles. The molecule has 1 aromatic carbocycles. The highest BCUT2D eigenvalue weighted by atomic mass is 16.2. The lowest BCUT2D eigenvalue weighted by molar-refractivity contribution is -0.129. The quantitative estimate of drug-likeness (QED) is 0.696. The van der Waals surface area contributed by atoms with Crippen molar-refractivity contribution in [3.05, 3.63) is 35.4 Å². The van der Waals surface area contributed by atoms with Gasteiger partial charge in [-0.3, -0.25) is 4.79 Å². The number of aliphatic hydroxyl groups is 1. The van der Waals surface area contributed by atoms with Crippen molar-refractivity contribution in [2.75, 3.05) is 20.2 Å². The van der Waals surface area contributed by atoms with E-state index in [0.717, 1.165) is 36.9 Å². The molecule has 0 bridgehead atoms. The van der Waals surface area contributed by atoms with Crippen molar-refractivity contribution in [3.63, 3.8) is 0 Å². The highest BCUT2D eigenvalue weighted by molar-refractivity contribution is 5.78. The molecular weight excluding hydrogens is 240 g/mol. The minimum absolute atomic E-state index is 0.116. The molecule has 1 rings (SSSR count). The van der Waals surface area contributed by atoms with Gasteiger partial charge in [0.05, 0.1) is 6.42 Å². The second kappa shape index (κ2) is 8.67. The number of carbonyl (C=O) groups excluding carboxylic acids is 1. The Morgan fingerprint density at radius 2 is 1.89 bits per heavy atom. The third-order valence-corrected chi connectivity index (χ3v) is 3.26. The first-order valence-corrected chi connectivity index (χ1v) is 6.80. The van der Waals surface area contributed by atoms with Gasteiger partial charge in [-0.1, -0.05) is 24.3 Å². The second-order valence-corrected chi connectivity index (χ2v) is 4.75. The van der Waals surface area contributed by atoms with Crippen LogP contribution in [0.5, 0.6) is 0 Å². The minimum Gasteiger partial charge on any atom is -0.396 e. The first kappa shape index (κ1) is 15.7. The number of nitrogens with zero attached hydrogens (tertiary/aromatic N) is 1. The average molecular weight is 264 g/mol. The summed E-state index contributed by atoms with van der Waals surface area (Å²) in [5, 5.41) is 8.70. The van der Waals surface area contributed by atoms with Crippen molar-refractivity contribution in [2.45, 2.75) is 32.2 Å². The summed E-state index contributed by atoms with van der Waals surface area (Å²) in [6, 6.07) is 7.79. The summed E-state index contributed by atoms with van der Waals surface area (Å²) in [5.41, 5.74) is 7.71. The van der Waals surface area contributed by atoms with Crippen LogP contribution in [0.4, 0.5) is 0 Å². The molecule has 0 saturated carbocycles. The van der Waals surface area contributed by atoms with E-state index in [9.17, 15) is 4.79 Å². The van der Waals surface area contributed by atoms with Crippen molar-refractivity contribution in [2.24, 2.45) is 5.73 Å². The van der Waals surface area contributed by atoms with E-state index in [2.05, 4.69) is 0 Å². The summed E-state index contributed by atoms with van der Waals surface area (Å²) in [7, 11) is 1.83. The van der Waals surface area contributed by atoms with Crippen LogP contribution in [0, 0.1) is 0 Å². The standard InChI is InChI=1S/C15H24N2O2/c1-17(9-5-2-6-10-18)15(19)11-13-7-3-4-8-14(13)12-16/h3-4,7-8,18H,2,5-6,9-12,16H2,1H3. The monoisotopic (exact) mass is 264 g/mol. The minimum atomic E-state index is 0.116. The van der Waals surface area contributed by atoms with Gasteiger partial charge in [0.25, 0.3) is 0 Å². The number of amides is 1. The molecule has 0 aliphatic heterocycles. The number of nitrogens with two attached hydrogens (primary N) is 1. The molecule has 106 valence electrons. The van der Waals surface area contributed by atoms with E-state index in [4.69, 9.17) is 10.8 Å². The van der Waals surface area contributed by atoms with E-state index in [1.54, 1.807) is 4.90 Å². The van der Waals surface area contributed by atoms with Crippen LogP contribution in [-0.2, 0) is 17.8 Å². The molecule has 0 heterocycles. The largest absolute Gasteiger partial charge is 0.396 e. The molecule has 0 atom stereocenters. The number of aliphatic hydroxyl groups excluding tert-OH is 1. The maximum Gasteiger partial charge on any atom is 0.226 e. The average Bonchev–Trinajstić information content (AvgIpc) is 2.44. The Bertz CT molecular complexity index is 393. The summed E-state index contributed by atoms with van der Waals surface area (Å²) in [5.74, 6) is 0.116. The maximum atomic E-state index is 12.1. The van der Waals surface area contributed by atoms with E-state index >= 15 is 0 Å². The van der Waals surface area contributed by atoms with Gasteiger partial charge in [0.2, 0.25) is 5.91 Å². The smallest absolute Gasteiger partial charge is 0.226 e. The zero-order chi connectivity index (χ0) is 14.1. The Morgan fingerprint density at radius 3 is 2.53 bits per heavy atom. The van der Waals surface area contributed by atoms with Crippen LogP contribution in [0.2, 0.25) is 0 Å². The lowest BCUT2D eigenvalue weighted by Gasteiger charge is -2.18. The van der Waals surface area contributed by atoms with Gasteiger partial charge in [0, 0.05) is 26.7 Å². The number of hydrogen-bond acceptors (Lipinski definition) is 3. The molecule has 4 nitrogen and oxygen atoms in total. The van der Waals surface area contributed by atoms with Crippen LogP contribution >= 0.6 is 0 Å². The summed E-state index contributed by atoms with van der Waals surface area (Å²) >= 11 is 0. The van der Waals surface area contributed by atoms with E-state index < -0.39 is 0 Å². The van der Waals surface area contributed by atoms with Crippen molar-refractivity contribution in [1.29, 1.82) is 0 Å². The molecule has 0 saturated heterocycles. The highest BCUT2D eigenvalue weighted by Gasteiger charge is 2.11. The molecule has 19 heavy (non-hydrogen) atoms. The Hall–Kier alpha value is -1.39. The third-order valence-electron chi connectivity index (χ3n) is 3.26. The highest BCUT2D eigenvalue weighted by Crippen LogP contribution is 2.10. The first-order valence-electron chi connectivity index (χ1n) is 6.80. The molecule has 0 fully saturated rings. The number of likely N-dealkylation sites (N-methyl/N-ethyl adjacent to an activating group) is 1. The zero-order valence-electron chi connectivity index (χ0n) is 11.6. The number of benzene rings is 1. The van der Waals surface area contributed by atoms with Gasteiger partial charge in [-0.25, -0.2) is 0 Å². The molecule has 4 heteroatoms. The van der Waals surface area contributed by atoms with Crippen LogP contribution < -0.4 is 5.73 Å². The molecule has 0 aliphatic carbocycles. The van der Waals surface area contributed by atoms with Gasteiger partial charge in [-0.05, 0) is 30.4 Å². The van der Waals surface area contributed by atoms with Crippen LogP contribution in [0.25, 0.3) is 0 Å². The molecule has 1 aromatic rings. The third kappa shape index (κ3) is 5.41. The molecule has 0 radical (unpaired) electrons. The lowest BCUT2D eigenvalue weighted by Crippen LogP contribution is -2.29. The fraction of sp³-hybridized carbons (Fsp3) is 0.533. The first-order chi connectivity index (χ1) is 9.19. The Labute approximate surface area is 115 Å². The zero-order valence-corrected chi connectivity index (χ0v) is 11.6. The van der Waals surface area contributed by atoms with Gasteiger partial charge < -0.3 is 15.7 Å². The second-order valence-electron chi connectivity index (χ2n) is 4.75. The van der Waals surface area contributed by atoms with Crippen LogP contribution in [0.3, 0.4) is 0 Å². The van der Waals surface area contributed by atoms with Gasteiger partial charge in [-0.15, -0.1) is 0 Å². The molecule has 0 spiro atoms. The van der Waals surface area contributed by atoms with Crippen molar-refractivity contribution >= 4 is 5.91 Å². The van der Waals surface area contributed by atoms with Crippen LogP contribution in [-0.4, -0.2) is 36.1 Å². The van der Waals surface area contributed by atoms with Gasteiger partial charge >= 0.3 is 0 Å². The summed E-state index contributed by atoms with van der Waals surface area (Å²) in [4.78, 5) is 13.8. The molecule has 0 unspecified atom stereocenters. The van der Waals surface area contributed by atoms with Crippen molar-refractivity contribution < 1.29 is 9.90 Å². The normalized spacial score (nSPS) is 10.5.